The first-order chi connectivity index (χ1) is 9.78. The van der Waals surface area contributed by atoms with Crippen LogP contribution < -0.4 is 8.85 Å². The van der Waals surface area contributed by atoms with E-state index in [4.69, 9.17) is 4.74 Å². The first kappa shape index (κ1) is 16.3. The van der Waals surface area contributed by atoms with Crippen molar-refractivity contribution in [3.8, 4) is 0 Å². The van der Waals surface area contributed by atoms with Crippen molar-refractivity contribution in [3.05, 3.63) is 0 Å². The number of hydrogen-bond donors (Lipinski definition) is 2. The Hall–Kier alpha value is -0.0800. The lowest BCUT2D eigenvalue weighted by molar-refractivity contribution is 0.0704. The molecule has 2 N–H and O–H groups in total. The van der Waals surface area contributed by atoms with E-state index in [-0.39, 0.29) is 12.2 Å². The fourth-order valence-electron chi connectivity index (χ4n) is 2.98. The predicted molar refractivity (Wildman–Crippen MR) is 88.0 cm³/mol. The fourth-order valence-corrected chi connectivity index (χ4v) is 3.60. The van der Waals surface area contributed by atoms with E-state index >= 15 is 0 Å². The second-order valence-corrected chi connectivity index (χ2v) is 6.44. The smallest absolute Gasteiger partial charge is 0.407 e. The largest absolute Gasteiger partial charge is 0.446 e. The molecule has 1 saturated heterocycles. The van der Waals surface area contributed by atoms with Crippen LogP contribution in [0.4, 0.5) is 4.79 Å². The SMILES string of the molecule is O=C(NCCN1CCCCC1)OC1CCC(NI)CC1. The number of carbonyl (C=O) groups excluding carboxylic acids is 1. The van der Waals surface area contributed by atoms with Gasteiger partial charge < -0.3 is 15.0 Å². The zero-order valence-electron chi connectivity index (χ0n) is 12.1. The summed E-state index contributed by atoms with van der Waals surface area (Å²) in [6, 6.07) is 0.581. The van der Waals surface area contributed by atoms with E-state index in [1.165, 1.54) is 32.4 Å². The summed E-state index contributed by atoms with van der Waals surface area (Å²) in [7, 11) is 0. The third-order valence-corrected chi connectivity index (χ3v) is 5.13. The van der Waals surface area contributed by atoms with Crippen molar-refractivity contribution in [2.75, 3.05) is 26.2 Å². The highest BCUT2D eigenvalue weighted by molar-refractivity contribution is 14.1. The van der Waals surface area contributed by atoms with Crippen molar-refractivity contribution in [1.29, 1.82) is 0 Å². The number of rotatable bonds is 5. The molecule has 20 heavy (non-hydrogen) atoms. The first-order valence-electron chi connectivity index (χ1n) is 7.81. The molecule has 0 unspecified atom stereocenters. The van der Waals surface area contributed by atoms with Gasteiger partial charge in [0.25, 0.3) is 0 Å². The lowest BCUT2D eigenvalue weighted by Crippen LogP contribution is -2.39. The molecule has 116 valence electrons. The average molecular weight is 395 g/mol. The van der Waals surface area contributed by atoms with Gasteiger partial charge in [0.1, 0.15) is 6.10 Å². The number of amides is 1. The number of hydrogen-bond acceptors (Lipinski definition) is 4. The minimum absolute atomic E-state index is 0.103. The Bertz CT molecular complexity index is 290. The molecule has 0 bridgehead atoms. The number of piperidine rings is 1. The monoisotopic (exact) mass is 395 g/mol. The lowest BCUT2D eigenvalue weighted by atomic mass is 9.94. The minimum Gasteiger partial charge on any atom is -0.446 e. The standard InChI is InChI=1S/C14H26IN3O2/c15-17-12-4-6-13(7-5-12)20-14(19)16-8-11-18-9-2-1-3-10-18/h12-13,17H,1-11H2,(H,16,19). The zero-order valence-corrected chi connectivity index (χ0v) is 14.2. The highest BCUT2D eigenvalue weighted by atomic mass is 127. The van der Waals surface area contributed by atoms with Gasteiger partial charge in [0, 0.05) is 42.0 Å². The van der Waals surface area contributed by atoms with Gasteiger partial charge >= 0.3 is 6.09 Å². The maximum absolute atomic E-state index is 11.7. The zero-order chi connectivity index (χ0) is 14.2. The Kier molecular flexibility index (Phi) is 7.37. The molecule has 0 aromatic carbocycles. The van der Waals surface area contributed by atoms with Gasteiger partial charge in [-0.05, 0) is 51.6 Å². The van der Waals surface area contributed by atoms with Crippen molar-refractivity contribution >= 4 is 29.0 Å². The number of halogens is 1. The third kappa shape index (κ3) is 5.73. The van der Waals surface area contributed by atoms with Gasteiger partial charge in [-0.3, -0.25) is 3.53 Å². The Morgan fingerprint density at radius 2 is 1.85 bits per heavy atom. The van der Waals surface area contributed by atoms with E-state index < -0.39 is 0 Å². The molecule has 6 heteroatoms. The van der Waals surface area contributed by atoms with Gasteiger partial charge in [0.15, 0.2) is 0 Å². The highest BCUT2D eigenvalue weighted by Gasteiger charge is 2.23. The molecule has 2 fully saturated rings. The molecule has 0 radical (unpaired) electrons. The third-order valence-electron chi connectivity index (χ3n) is 4.25. The lowest BCUT2D eigenvalue weighted by Gasteiger charge is -2.28. The van der Waals surface area contributed by atoms with Crippen LogP contribution in [0.5, 0.6) is 0 Å². The van der Waals surface area contributed by atoms with Crippen LogP contribution in [0.3, 0.4) is 0 Å². The first-order valence-corrected chi connectivity index (χ1v) is 8.89. The second kappa shape index (κ2) is 9.04. The summed E-state index contributed by atoms with van der Waals surface area (Å²) >= 11 is 2.20. The number of alkyl carbamates (subject to hydrolysis) is 1. The molecule has 1 amide bonds. The molecular formula is C14H26IN3O2. The summed E-state index contributed by atoms with van der Waals surface area (Å²) in [6.07, 6.45) is 7.92. The molecule has 1 aliphatic carbocycles. The van der Waals surface area contributed by atoms with E-state index in [1.807, 2.05) is 0 Å². The second-order valence-electron chi connectivity index (χ2n) is 5.82. The number of likely N-dealkylation sites (tertiary alicyclic amines) is 1. The molecular weight excluding hydrogens is 369 g/mol. The van der Waals surface area contributed by atoms with E-state index in [9.17, 15) is 4.79 Å². The fraction of sp³-hybridized carbons (Fsp3) is 0.929. The Labute approximate surface area is 135 Å². The summed E-state index contributed by atoms with van der Waals surface area (Å²) in [5.41, 5.74) is 0. The van der Waals surface area contributed by atoms with Gasteiger partial charge in [-0.1, -0.05) is 6.42 Å². The molecule has 1 aliphatic heterocycles. The van der Waals surface area contributed by atoms with Gasteiger partial charge in [-0.25, -0.2) is 4.79 Å². The number of carbonyl (C=O) groups is 1. The van der Waals surface area contributed by atoms with E-state index in [0.29, 0.717) is 12.6 Å². The van der Waals surface area contributed by atoms with E-state index in [2.05, 4.69) is 36.6 Å². The summed E-state index contributed by atoms with van der Waals surface area (Å²) in [6.45, 7) is 3.98. The molecule has 0 aromatic rings. The van der Waals surface area contributed by atoms with E-state index in [0.717, 1.165) is 32.2 Å². The van der Waals surface area contributed by atoms with Gasteiger partial charge in [0.2, 0.25) is 0 Å². The van der Waals surface area contributed by atoms with Crippen molar-refractivity contribution in [2.24, 2.45) is 0 Å². The van der Waals surface area contributed by atoms with Crippen LogP contribution >= 0.6 is 22.9 Å². The summed E-state index contributed by atoms with van der Waals surface area (Å²) in [4.78, 5) is 14.2. The summed E-state index contributed by atoms with van der Waals surface area (Å²) < 4.78 is 8.73. The van der Waals surface area contributed by atoms with Crippen LogP contribution in [0, 0.1) is 0 Å². The number of nitrogens with one attached hydrogen (secondary N) is 2. The maximum Gasteiger partial charge on any atom is 0.407 e. The van der Waals surface area contributed by atoms with Crippen LogP contribution in [-0.2, 0) is 4.74 Å². The quantitative estimate of drug-likeness (QED) is 0.555. The molecule has 2 rings (SSSR count). The van der Waals surface area contributed by atoms with Crippen LogP contribution in [0.25, 0.3) is 0 Å². The topological polar surface area (TPSA) is 53.6 Å². The molecule has 0 aromatic heterocycles. The minimum atomic E-state index is -0.243. The highest BCUT2D eigenvalue weighted by Crippen LogP contribution is 2.21. The normalized spacial score (nSPS) is 28.1. The summed E-state index contributed by atoms with van der Waals surface area (Å²) in [5, 5.41) is 2.88. The van der Waals surface area contributed by atoms with Crippen molar-refractivity contribution in [1.82, 2.24) is 13.7 Å². The van der Waals surface area contributed by atoms with E-state index in [1.54, 1.807) is 0 Å². The Balaban J connectivity index is 1.54. The van der Waals surface area contributed by atoms with Crippen LogP contribution in [-0.4, -0.2) is 49.3 Å². The molecule has 0 spiro atoms. The van der Waals surface area contributed by atoms with Crippen molar-refractivity contribution in [3.63, 3.8) is 0 Å². The Morgan fingerprint density at radius 1 is 1.15 bits per heavy atom. The molecule has 1 saturated carbocycles. The van der Waals surface area contributed by atoms with Crippen molar-refractivity contribution in [2.45, 2.75) is 57.1 Å². The molecule has 2 aliphatic rings. The number of ether oxygens (including phenoxy) is 1. The van der Waals surface area contributed by atoms with Gasteiger partial charge in [-0.15, -0.1) is 0 Å². The van der Waals surface area contributed by atoms with Crippen molar-refractivity contribution < 1.29 is 9.53 Å². The van der Waals surface area contributed by atoms with Gasteiger partial charge in [0.05, 0.1) is 0 Å². The maximum atomic E-state index is 11.7. The molecule has 0 atom stereocenters. The Morgan fingerprint density at radius 3 is 2.50 bits per heavy atom. The van der Waals surface area contributed by atoms with Crippen LogP contribution in [0.15, 0.2) is 0 Å². The van der Waals surface area contributed by atoms with Crippen LogP contribution in [0.2, 0.25) is 0 Å². The average Bonchev–Trinajstić information content (AvgIpc) is 2.49. The number of nitrogens with zero attached hydrogens (tertiary/aromatic N) is 1. The molecule has 1 heterocycles. The predicted octanol–water partition coefficient (Wildman–Crippen LogP) is 2.45. The summed E-state index contributed by atoms with van der Waals surface area (Å²) in [5.74, 6) is 0. The van der Waals surface area contributed by atoms with Gasteiger partial charge in [-0.2, -0.15) is 0 Å². The molecule has 5 nitrogen and oxygen atoms in total. The van der Waals surface area contributed by atoms with Crippen LogP contribution in [0.1, 0.15) is 44.9 Å².